The van der Waals surface area contributed by atoms with Crippen LogP contribution in [-0.4, -0.2) is 25.9 Å². The van der Waals surface area contributed by atoms with Crippen LogP contribution in [0.25, 0.3) is 16.3 Å². The lowest BCUT2D eigenvalue weighted by molar-refractivity contribution is -0.143. The molecule has 0 aliphatic rings. The number of rotatable bonds is 4. The first kappa shape index (κ1) is 21.3. The minimum atomic E-state index is -4.84. The van der Waals surface area contributed by atoms with Crippen LogP contribution in [0.1, 0.15) is 16.1 Å². The van der Waals surface area contributed by atoms with E-state index >= 15 is 0 Å². The van der Waals surface area contributed by atoms with Crippen molar-refractivity contribution in [2.75, 3.05) is 5.32 Å². The summed E-state index contributed by atoms with van der Waals surface area (Å²) < 4.78 is 41.9. The van der Waals surface area contributed by atoms with E-state index in [1.54, 1.807) is 24.3 Å². The molecule has 0 saturated heterocycles. The molecule has 4 rings (SSSR count). The van der Waals surface area contributed by atoms with Gasteiger partial charge in [0.1, 0.15) is 0 Å². The fraction of sp³-hybridized carbons (Fsp3) is 0.0526. The summed E-state index contributed by atoms with van der Waals surface area (Å²) in [5.74, 6) is -1.02. The maximum atomic E-state index is 13.8. The van der Waals surface area contributed by atoms with Gasteiger partial charge in [-0.05, 0) is 30.3 Å². The zero-order chi connectivity index (χ0) is 22.2. The number of benzene rings is 2. The maximum Gasteiger partial charge on any atom is 0.434 e. The Morgan fingerprint density at radius 2 is 1.74 bits per heavy atom. The van der Waals surface area contributed by atoms with Crippen LogP contribution in [0, 0.1) is 0 Å². The minimum absolute atomic E-state index is 0.0206. The number of hydrogen-bond acceptors (Lipinski definition) is 5. The van der Waals surface area contributed by atoms with E-state index in [1.165, 1.54) is 24.3 Å². The topological polar surface area (TPSA) is 72.7 Å². The van der Waals surface area contributed by atoms with Crippen molar-refractivity contribution in [3.8, 4) is 16.3 Å². The van der Waals surface area contributed by atoms with E-state index in [-0.39, 0.29) is 10.8 Å². The highest BCUT2D eigenvalue weighted by Gasteiger charge is 2.40. The number of nitrogens with zero attached hydrogens (tertiary/aromatic N) is 4. The van der Waals surface area contributed by atoms with Crippen molar-refractivity contribution in [1.82, 2.24) is 20.0 Å². The molecule has 0 fully saturated rings. The van der Waals surface area contributed by atoms with Crippen LogP contribution in [0.3, 0.4) is 0 Å². The normalized spacial score (nSPS) is 11.5. The molecular formula is C19H10Cl2F3N5OS. The van der Waals surface area contributed by atoms with E-state index in [0.717, 1.165) is 17.5 Å². The third-order valence-corrected chi connectivity index (χ3v) is 5.56. The molecule has 0 bridgehead atoms. The van der Waals surface area contributed by atoms with E-state index in [0.29, 0.717) is 25.3 Å². The van der Waals surface area contributed by atoms with Crippen LogP contribution in [0.15, 0.2) is 54.7 Å². The molecule has 6 nitrogen and oxygen atoms in total. The summed E-state index contributed by atoms with van der Waals surface area (Å²) in [5, 5.41) is 15.1. The standard InChI is InChI=1S/C19H10Cl2F3N5OS/c20-10-5-7-11(8-6-10)29-15(19(22,23)24)13(9-25-29)16(30)26-18-28-27-17(31-18)12-3-1-2-4-14(12)21/h1-9H,(H,26,28,30). The van der Waals surface area contributed by atoms with Crippen molar-refractivity contribution in [2.24, 2.45) is 0 Å². The first-order chi connectivity index (χ1) is 14.7. The first-order valence-corrected chi connectivity index (χ1v) is 10.1. The molecule has 31 heavy (non-hydrogen) atoms. The van der Waals surface area contributed by atoms with Gasteiger partial charge in [0.15, 0.2) is 10.7 Å². The van der Waals surface area contributed by atoms with Gasteiger partial charge >= 0.3 is 6.18 Å². The second-order valence-electron chi connectivity index (χ2n) is 6.14. The molecule has 1 amide bonds. The van der Waals surface area contributed by atoms with Crippen molar-refractivity contribution in [3.63, 3.8) is 0 Å². The Labute approximate surface area is 187 Å². The van der Waals surface area contributed by atoms with Gasteiger partial charge in [-0.25, -0.2) is 4.68 Å². The lowest BCUT2D eigenvalue weighted by Gasteiger charge is -2.12. The summed E-state index contributed by atoms with van der Waals surface area (Å²) in [5.41, 5.74) is -1.18. The summed E-state index contributed by atoms with van der Waals surface area (Å²) in [4.78, 5) is 12.6. The third-order valence-electron chi connectivity index (χ3n) is 4.10. The van der Waals surface area contributed by atoms with Gasteiger partial charge in [-0.1, -0.05) is 52.7 Å². The Kier molecular flexibility index (Phi) is 5.69. The molecular weight excluding hydrogens is 474 g/mol. The molecule has 158 valence electrons. The number of nitrogens with one attached hydrogen (secondary N) is 1. The summed E-state index contributed by atoms with van der Waals surface area (Å²) >= 11 is 12.9. The van der Waals surface area contributed by atoms with E-state index in [9.17, 15) is 18.0 Å². The second-order valence-corrected chi connectivity index (χ2v) is 7.96. The van der Waals surface area contributed by atoms with Gasteiger partial charge in [-0.3, -0.25) is 10.1 Å². The number of anilines is 1. The lowest BCUT2D eigenvalue weighted by atomic mass is 10.2. The van der Waals surface area contributed by atoms with Crippen molar-refractivity contribution in [3.05, 3.63) is 76.0 Å². The van der Waals surface area contributed by atoms with Gasteiger partial charge in [-0.2, -0.15) is 18.3 Å². The van der Waals surface area contributed by atoms with Gasteiger partial charge in [0.05, 0.1) is 22.5 Å². The highest BCUT2D eigenvalue weighted by molar-refractivity contribution is 7.18. The van der Waals surface area contributed by atoms with Crippen molar-refractivity contribution >= 4 is 45.6 Å². The van der Waals surface area contributed by atoms with E-state index in [1.807, 2.05) is 0 Å². The number of halogens is 5. The molecule has 0 radical (unpaired) electrons. The molecule has 12 heteroatoms. The molecule has 2 heterocycles. The van der Waals surface area contributed by atoms with E-state index in [4.69, 9.17) is 23.2 Å². The van der Waals surface area contributed by atoms with E-state index in [2.05, 4.69) is 20.6 Å². The number of hydrogen-bond donors (Lipinski definition) is 1. The number of carbonyl (C=O) groups excluding carboxylic acids is 1. The number of aromatic nitrogens is 4. The summed E-state index contributed by atoms with van der Waals surface area (Å²) in [6.07, 6.45) is -3.99. The minimum Gasteiger partial charge on any atom is -0.296 e. The molecule has 0 saturated carbocycles. The van der Waals surface area contributed by atoms with Crippen molar-refractivity contribution in [2.45, 2.75) is 6.18 Å². The van der Waals surface area contributed by atoms with Gasteiger partial charge in [0.2, 0.25) is 5.13 Å². The predicted octanol–water partition coefficient (Wildman–Crippen LogP) is 5.97. The van der Waals surface area contributed by atoms with Crippen molar-refractivity contribution in [1.29, 1.82) is 0 Å². The van der Waals surface area contributed by atoms with Crippen molar-refractivity contribution < 1.29 is 18.0 Å². The molecule has 4 aromatic rings. The van der Waals surface area contributed by atoms with Crippen LogP contribution >= 0.6 is 34.5 Å². The smallest absolute Gasteiger partial charge is 0.296 e. The molecule has 0 spiro atoms. The Balaban J connectivity index is 1.65. The average Bonchev–Trinajstić information content (AvgIpc) is 3.36. The maximum absolute atomic E-state index is 13.8. The van der Waals surface area contributed by atoms with Gasteiger partial charge < -0.3 is 0 Å². The van der Waals surface area contributed by atoms with Crippen LogP contribution in [0.5, 0.6) is 0 Å². The summed E-state index contributed by atoms with van der Waals surface area (Å²) in [7, 11) is 0. The number of alkyl halides is 3. The molecule has 1 N–H and O–H groups in total. The van der Waals surface area contributed by atoms with Gasteiger partial charge in [0.25, 0.3) is 5.91 Å². The zero-order valence-electron chi connectivity index (χ0n) is 15.2. The second kappa shape index (κ2) is 8.29. The largest absolute Gasteiger partial charge is 0.434 e. The van der Waals surface area contributed by atoms with Gasteiger partial charge in [-0.15, -0.1) is 10.2 Å². The molecule has 0 aliphatic heterocycles. The molecule has 2 aromatic heterocycles. The number of carbonyl (C=O) groups is 1. The van der Waals surface area contributed by atoms with Crippen LogP contribution < -0.4 is 5.32 Å². The van der Waals surface area contributed by atoms with Crippen LogP contribution in [0.2, 0.25) is 10.0 Å². The van der Waals surface area contributed by atoms with Gasteiger partial charge in [0, 0.05) is 10.6 Å². The van der Waals surface area contributed by atoms with Crippen LogP contribution in [0.4, 0.5) is 18.3 Å². The summed E-state index contributed by atoms with van der Waals surface area (Å²) in [6.45, 7) is 0. The lowest BCUT2D eigenvalue weighted by Crippen LogP contribution is -2.20. The van der Waals surface area contributed by atoms with Crippen LogP contribution in [-0.2, 0) is 6.18 Å². The fourth-order valence-electron chi connectivity index (χ4n) is 2.75. The Morgan fingerprint density at radius 1 is 1.03 bits per heavy atom. The SMILES string of the molecule is O=C(Nc1nnc(-c2ccccc2Cl)s1)c1cnn(-c2ccc(Cl)cc2)c1C(F)(F)F. The third kappa shape index (κ3) is 4.41. The average molecular weight is 484 g/mol. The highest BCUT2D eigenvalue weighted by Crippen LogP contribution is 2.35. The molecule has 0 unspecified atom stereocenters. The first-order valence-electron chi connectivity index (χ1n) is 8.55. The Morgan fingerprint density at radius 3 is 2.42 bits per heavy atom. The predicted molar refractivity (Wildman–Crippen MR) is 112 cm³/mol. The highest BCUT2D eigenvalue weighted by atomic mass is 35.5. The monoisotopic (exact) mass is 483 g/mol. The Bertz CT molecular complexity index is 1250. The number of amides is 1. The molecule has 0 atom stereocenters. The summed E-state index contributed by atoms with van der Waals surface area (Å²) in [6, 6.07) is 12.5. The molecule has 0 aliphatic carbocycles. The Hall–Kier alpha value is -2.95. The zero-order valence-corrected chi connectivity index (χ0v) is 17.5. The molecule has 2 aromatic carbocycles. The fourth-order valence-corrected chi connectivity index (χ4v) is 3.93. The quantitative estimate of drug-likeness (QED) is 0.388. The van der Waals surface area contributed by atoms with E-state index < -0.39 is 23.3 Å².